The lowest BCUT2D eigenvalue weighted by molar-refractivity contribution is -0.132. The van der Waals surface area contributed by atoms with Crippen LogP contribution in [0.1, 0.15) is 36.1 Å². The van der Waals surface area contributed by atoms with Crippen molar-refractivity contribution in [1.82, 2.24) is 0 Å². The second-order valence-corrected chi connectivity index (χ2v) is 8.28. The number of aryl methyl sites for hydroxylation is 1. The van der Waals surface area contributed by atoms with Crippen LogP contribution in [-0.2, 0) is 16.0 Å². The predicted molar refractivity (Wildman–Crippen MR) is 129 cm³/mol. The van der Waals surface area contributed by atoms with E-state index in [1.807, 2.05) is 49.4 Å². The van der Waals surface area contributed by atoms with E-state index in [0.717, 1.165) is 29.7 Å². The van der Waals surface area contributed by atoms with E-state index >= 15 is 0 Å². The fraction of sp³-hybridized carbons (Fsp3) is 0.214. The number of anilines is 1. The fourth-order valence-corrected chi connectivity index (χ4v) is 4.58. The van der Waals surface area contributed by atoms with Crippen molar-refractivity contribution in [1.29, 1.82) is 0 Å². The van der Waals surface area contributed by atoms with Crippen LogP contribution >= 0.6 is 0 Å². The second-order valence-electron chi connectivity index (χ2n) is 8.28. The topological polar surface area (TPSA) is 76.1 Å². The summed E-state index contributed by atoms with van der Waals surface area (Å²) in [5.41, 5.74) is 2.83. The van der Waals surface area contributed by atoms with Gasteiger partial charge in [-0.05, 0) is 73.4 Å². The number of aliphatic hydroxyl groups is 1. The molecule has 3 aromatic carbocycles. The number of ketones is 1. The van der Waals surface area contributed by atoms with Gasteiger partial charge in [0.25, 0.3) is 11.7 Å². The molecule has 3 aromatic rings. The predicted octanol–water partition coefficient (Wildman–Crippen LogP) is 5.04. The van der Waals surface area contributed by atoms with E-state index in [1.165, 1.54) is 4.90 Å². The molecule has 5 rings (SSSR count). The minimum absolute atomic E-state index is 0.0711. The van der Waals surface area contributed by atoms with Crippen molar-refractivity contribution in [3.8, 4) is 11.5 Å². The molecule has 34 heavy (non-hydrogen) atoms. The number of amides is 1. The lowest BCUT2D eigenvalue weighted by atomic mass is 9.94. The third-order valence-corrected chi connectivity index (χ3v) is 6.17. The Labute approximate surface area is 198 Å². The number of nitrogens with zero attached hydrogens (tertiary/aromatic N) is 1. The Kier molecular flexibility index (Phi) is 5.80. The zero-order chi connectivity index (χ0) is 23.7. The van der Waals surface area contributed by atoms with Crippen molar-refractivity contribution in [2.75, 3.05) is 18.1 Å². The molecule has 172 valence electrons. The molecule has 2 heterocycles. The van der Waals surface area contributed by atoms with Gasteiger partial charge < -0.3 is 14.6 Å². The number of benzene rings is 3. The highest BCUT2D eigenvalue weighted by Crippen LogP contribution is 2.42. The van der Waals surface area contributed by atoms with Crippen LogP contribution < -0.4 is 14.4 Å². The Morgan fingerprint density at radius 3 is 2.56 bits per heavy atom. The van der Waals surface area contributed by atoms with Gasteiger partial charge in [0.1, 0.15) is 17.3 Å². The van der Waals surface area contributed by atoms with Crippen LogP contribution in [-0.4, -0.2) is 30.0 Å². The van der Waals surface area contributed by atoms with E-state index in [1.54, 1.807) is 30.3 Å². The zero-order valence-corrected chi connectivity index (χ0v) is 18.9. The van der Waals surface area contributed by atoms with Crippen molar-refractivity contribution in [2.45, 2.75) is 25.8 Å². The highest BCUT2D eigenvalue weighted by Gasteiger charge is 2.47. The second kappa shape index (κ2) is 9.06. The summed E-state index contributed by atoms with van der Waals surface area (Å²) >= 11 is 0. The van der Waals surface area contributed by atoms with Crippen LogP contribution in [0.15, 0.2) is 78.4 Å². The van der Waals surface area contributed by atoms with Gasteiger partial charge in [-0.2, -0.15) is 0 Å². The van der Waals surface area contributed by atoms with Crippen molar-refractivity contribution >= 4 is 23.1 Å². The molecule has 2 aliphatic rings. The molecule has 0 saturated carbocycles. The normalized spacial score (nSPS) is 19.0. The number of aliphatic hydroxyl groups excluding tert-OH is 1. The largest absolute Gasteiger partial charge is 0.507 e. The lowest BCUT2D eigenvalue weighted by Crippen LogP contribution is -2.29. The highest BCUT2D eigenvalue weighted by molar-refractivity contribution is 6.51. The molecule has 1 unspecified atom stereocenters. The smallest absolute Gasteiger partial charge is 0.300 e. The van der Waals surface area contributed by atoms with Gasteiger partial charge in [0.15, 0.2) is 0 Å². The van der Waals surface area contributed by atoms with Gasteiger partial charge in [-0.1, -0.05) is 30.3 Å². The summed E-state index contributed by atoms with van der Waals surface area (Å²) in [6.07, 6.45) is 1.72. The van der Waals surface area contributed by atoms with Gasteiger partial charge in [0.05, 0.1) is 24.8 Å². The van der Waals surface area contributed by atoms with Gasteiger partial charge in [0, 0.05) is 11.3 Å². The maximum Gasteiger partial charge on any atom is 0.300 e. The Balaban J connectivity index is 1.64. The van der Waals surface area contributed by atoms with Crippen LogP contribution in [0.2, 0.25) is 0 Å². The number of carbonyl (C=O) groups excluding carboxylic acids is 2. The number of carbonyl (C=O) groups is 2. The van der Waals surface area contributed by atoms with E-state index in [2.05, 4.69) is 0 Å². The van der Waals surface area contributed by atoms with Crippen molar-refractivity contribution < 1.29 is 24.2 Å². The zero-order valence-electron chi connectivity index (χ0n) is 18.9. The molecule has 1 fully saturated rings. The molecule has 6 nitrogen and oxygen atoms in total. The lowest BCUT2D eigenvalue weighted by Gasteiger charge is -2.25. The molecule has 1 N–H and O–H groups in total. The Hall–Kier alpha value is -4.06. The Bertz CT molecular complexity index is 1260. The van der Waals surface area contributed by atoms with E-state index in [0.29, 0.717) is 30.2 Å². The van der Waals surface area contributed by atoms with Crippen molar-refractivity contribution in [3.05, 3.63) is 95.1 Å². The molecule has 0 aliphatic carbocycles. The number of fused-ring (bicyclic) bond motifs is 1. The van der Waals surface area contributed by atoms with E-state index in [-0.39, 0.29) is 11.3 Å². The van der Waals surface area contributed by atoms with Crippen LogP contribution in [0.5, 0.6) is 11.5 Å². The first-order valence-electron chi connectivity index (χ1n) is 11.4. The first-order valence-corrected chi connectivity index (χ1v) is 11.4. The summed E-state index contributed by atoms with van der Waals surface area (Å²) in [5, 5.41) is 11.3. The van der Waals surface area contributed by atoms with Gasteiger partial charge >= 0.3 is 0 Å². The molecule has 0 bridgehead atoms. The third kappa shape index (κ3) is 3.81. The molecular formula is C28H25NO5. The first kappa shape index (κ1) is 21.8. The maximum absolute atomic E-state index is 13.3. The molecular weight excluding hydrogens is 430 g/mol. The van der Waals surface area contributed by atoms with Gasteiger partial charge in [-0.3, -0.25) is 14.5 Å². The summed E-state index contributed by atoms with van der Waals surface area (Å²) in [6.45, 7) is 3.09. The SMILES string of the molecule is CCOc1ccc(N2C(=O)C(=O)/C(=C(\O)c3ccc4c(c3)CCCO4)C2c2ccccc2)cc1. The quantitative estimate of drug-likeness (QED) is 0.332. The summed E-state index contributed by atoms with van der Waals surface area (Å²) in [6, 6.07) is 20.9. The molecule has 1 atom stereocenters. The standard InChI is InChI=1S/C28H25NO5/c1-2-33-22-13-11-21(12-14-22)29-25(18-7-4-3-5-8-18)24(27(31)28(29)32)26(30)20-10-15-23-19(17-20)9-6-16-34-23/h3-5,7-8,10-15,17,25,30H,2,6,9,16H2,1H3/b26-24-. The van der Waals surface area contributed by atoms with Crippen LogP contribution in [0, 0.1) is 0 Å². The number of ether oxygens (including phenoxy) is 2. The third-order valence-electron chi connectivity index (χ3n) is 6.17. The number of hydrogen-bond acceptors (Lipinski definition) is 5. The average Bonchev–Trinajstić information content (AvgIpc) is 3.15. The van der Waals surface area contributed by atoms with Crippen LogP contribution in [0.25, 0.3) is 5.76 Å². The van der Waals surface area contributed by atoms with Crippen LogP contribution in [0.3, 0.4) is 0 Å². The summed E-state index contributed by atoms with van der Waals surface area (Å²) in [7, 11) is 0. The van der Waals surface area contributed by atoms with Gasteiger partial charge in [0.2, 0.25) is 0 Å². The van der Waals surface area contributed by atoms with Crippen LogP contribution in [0.4, 0.5) is 5.69 Å². The Morgan fingerprint density at radius 2 is 1.82 bits per heavy atom. The van der Waals surface area contributed by atoms with E-state index < -0.39 is 17.7 Å². The Morgan fingerprint density at radius 1 is 1.06 bits per heavy atom. The van der Waals surface area contributed by atoms with Crippen molar-refractivity contribution in [2.24, 2.45) is 0 Å². The summed E-state index contributed by atoms with van der Waals surface area (Å²) < 4.78 is 11.2. The summed E-state index contributed by atoms with van der Waals surface area (Å²) in [4.78, 5) is 28.0. The molecule has 1 saturated heterocycles. The van der Waals surface area contributed by atoms with Gasteiger partial charge in [-0.15, -0.1) is 0 Å². The molecule has 1 amide bonds. The monoisotopic (exact) mass is 455 g/mol. The average molecular weight is 456 g/mol. The number of hydrogen-bond donors (Lipinski definition) is 1. The molecule has 6 heteroatoms. The number of rotatable bonds is 5. The highest BCUT2D eigenvalue weighted by atomic mass is 16.5. The van der Waals surface area contributed by atoms with Gasteiger partial charge in [-0.25, -0.2) is 0 Å². The molecule has 0 spiro atoms. The fourth-order valence-electron chi connectivity index (χ4n) is 4.58. The minimum atomic E-state index is -0.758. The van der Waals surface area contributed by atoms with E-state index in [4.69, 9.17) is 9.47 Å². The van der Waals surface area contributed by atoms with E-state index in [9.17, 15) is 14.7 Å². The van der Waals surface area contributed by atoms with Crippen molar-refractivity contribution in [3.63, 3.8) is 0 Å². The first-order chi connectivity index (χ1) is 16.6. The number of Topliss-reactive ketones (excluding diaryl/α,β-unsaturated/α-hetero) is 1. The summed E-state index contributed by atoms with van der Waals surface area (Å²) in [5.74, 6) is -0.114. The minimum Gasteiger partial charge on any atom is -0.507 e. The molecule has 0 aromatic heterocycles. The molecule has 2 aliphatic heterocycles. The maximum atomic E-state index is 13.3. The molecule has 0 radical (unpaired) electrons.